The summed E-state index contributed by atoms with van der Waals surface area (Å²) in [4.78, 5) is 0. The number of nitrogens with zero attached hydrogens (tertiary/aromatic N) is 1. The Hall–Kier alpha value is -0.630. The minimum Gasteiger partial charge on any atom is -0.379 e. The Labute approximate surface area is 122 Å². The third-order valence-corrected chi connectivity index (χ3v) is 4.39. The summed E-state index contributed by atoms with van der Waals surface area (Å²) in [6.07, 6.45) is 7.84. The summed E-state index contributed by atoms with van der Waals surface area (Å²) in [5, 5.41) is 13.2. The first-order chi connectivity index (χ1) is 9.80. The zero-order chi connectivity index (χ0) is 14.3. The Bertz CT molecular complexity index is 325. The molecule has 0 amide bonds. The largest absolute Gasteiger partial charge is 0.379 e. The first-order valence-electron chi connectivity index (χ1n) is 8.15. The molecule has 2 rings (SSSR count). The van der Waals surface area contributed by atoms with E-state index in [2.05, 4.69) is 18.3 Å². The summed E-state index contributed by atoms with van der Waals surface area (Å²) in [5.41, 5.74) is -0.275. The fourth-order valence-electron chi connectivity index (χ4n) is 3.12. The van der Waals surface area contributed by atoms with Crippen LogP contribution >= 0.6 is 0 Å². The SMILES string of the molecule is CCCOCCOCCC1CCCC1(C#N)NC1CC1. The number of rotatable bonds is 10. The lowest BCUT2D eigenvalue weighted by Gasteiger charge is -2.30. The molecule has 4 nitrogen and oxygen atoms in total. The molecular weight excluding hydrogens is 252 g/mol. The van der Waals surface area contributed by atoms with Gasteiger partial charge in [0.25, 0.3) is 0 Å². The Morgan fingerprint density at radius 3 is 2.55 bits per heavy atom. The van der Waals surface area contributed by atoms with Crippen molar-refractivity contribution in [3.63, 3.8) is 0 Å². The highest BCUT2D eigenvalue weighted by molar-refractivity contribution is 5.16. The zero-order valence-electron chi connectivity index (χ0n) is 12.7. The Kier molecular flexibility index (Phi) is 6.28. The number of ether oxygens (including phenoxy) is 2. The molecule has 0 aliphatic heterocycles. The molecule has 0 aromatic carbocycles. The number of hydrogen-bond acceptors (Lipinski definition) is 4. The van der Waals surface area contributed by atoms with Crippen LogP contribution in [0.1, 0.15) is 51.9 Å². The van der Waals surface area contributed by atoms with E-state index in [0.717, 1.165) is 45.3 Å². The summed E-state index contributed by atoms with van der Waals surface area (Å²) in [6.45, 7) is 5.02. The highest BCUT2D eigenvalue weighted by Crippen LogP contribution is 2.40. The van der Waals surface area contributed by atoms with Crippen LogP contribution in [0.3, 0.4) is 0 Å². The van der Waals surface area contributed by atoms with Gasteiger partial charge >= 0.3 is 0 Å². The van der Waals surface area contributed by atoms with Crippen molar-refractivity contribution in [1.82, 2.24) is 5.32 Å². The number of nitriles is 1. The van der Waals surface area contributed by atoms with Crippen LogP contribution in [0.15, 0.2) is 0 Å². The normalized spacial score (nSPS) is 29.5. The van der Waals surface area contributed by atoms with Crippen molar-refractivity contribution in [3.8, 4) is 6.07 Å². The van der Waals surface area contributed by atoms with Gasteiger partial charge in [-0.3, -0.25) is 5.32 Å². The maximum Gasteiger partial charge on any atom is 0.109 e. The molecule has 0 saturated heterocycles. The van der Waals surface area contributed by atoms with Crippen LogP contribution in [0, 0.1) is 17.2 Å². The molecule has 4 heteroatoms. The molecule has 20 heavy (non-hydrogen) atoms. The molecule has 2 saturated carbocycles. The molecule has 2 atom stereocenters. The monoisotopic (exact) mass is 280 g/mol. The first kappa shape index (κ1) is 15.8. The van der Waals surface area contributed by atoms with Crippen molar-refractivity contribution in [3.05, 3.63) is 0 Å². The van der Waals surface area contributed by atoms with Gasteiger partial charge in [0.15, 0.2) is 0 Å². The van der Waals surface area contributed by atoms with Crippen molar-refractivity contribution in [2.45, 2.75) is 63.5 Å². The summed E-state index contributed by atoms with van der Waals surface area (Å²) < 4.78 is 11.0. The predicted molar refractivity (Wildman–Crippen MR) is 78.4 cm³/mol. The van der Waals surface area contributed by atoms with Crippen molar-refractivity contribution < 1.29 is 9.47 Å². The maximum atomic E-state index is 9.59. The van der Waals surface area contributed by atoms with Gasteiger partial charge in [0.2, 0.25) is 0 Å². The predicted octanol–water partition coefficient (Wildman–Crippen LogP) is 2.63. The van der Waals surface area contributed by atoms with Crippen LogP contribution in [0.4, 0.5) is 0 Å². The summed E-state index contributed by atoms with van der Waals surface area (Å²) in [6, 6.07) is 3.17. The number of nitrogens with one attached hydrogen (secondary N) is 1. The quantitative estimate of drug-likeness (QED) is 0.625. The van der Waals surface area contributed by atoms with Crippen molar-refractivity contribution in [1.29, 1.82) is 5.26 Å². The molecule has 114 valence electrons. The fourth-order valence-corrected chi connectivity index (χ4v) is 3.12. The van der Waals surface area contributed by atoms with Crippen molar-refractivity contribution in [2.24, 2.45) is 5.92 Å². The van der Waals surface area contributed by atoms with Crippen LogP contribution in [-0.4, -0.2) is 38.0 Å². The van der Waals surface area contributed by atoms with E-state index in [0.29, 0.717) is 25.2 Å². The average molecular weight is 280 g/mol. The molecule has 1 N–H and O–H groups in total. The van der Waals surface area contributed by atoms with Crippen LogP contribution in [0.25, 0.3) is 0 Å². The summed E-state index contributed by atoms with van der Waals surface area (Å²) in [5.74, 6) is 0.449. The van der Waals surface area contributed by atoms with Gasteiger partial charge in [-0.25, -0.2) is 0 Å². The van der Waals surface area contributed by atoms with Gasteiger partial charge in [0, 0.05) is 19.3 Å². The van der Waals surface area contributed by atoms with Crippen LogP contribution < -0.4 is 5.32 Å². The van der Waals surface area contributed by atoms with Gasteiger partial charge in [-0.15, -0.1) is 0 Å². The van der Waals surface area contributed by atoms with Gasteiger partial charge in [-0.2, -0.15) is 5.26 Å². The van der Waals surface area contributed by atoms with Gasteiger partial charge in [0.1, 0.15) is 5.54 Å². The van der Waals surface area contributed by atoms with E-state index >= 15 is 0 Å². The van der Waals surface area contributed by atoms with Crippen LogP contribution in [-0.2, 0) is 9.47 Å². The topological polar surface area (TPSA) is 54.3 Å². The molecule has 0 aromatic heterocycles. The Balaban J connectivity index is 1.64. The van der Waals surface area contributed by atoms with E-state index in [1.807, 2.05) is 0 Å². The summed E-state index contributed by atoms with van der Waals surface area (Å²) >= 11 is 0. The lowest BCUT2D eigenvalue weighted by molar-refractivity contribution is 0.0407. The van der Waals surface area contributed by atoms with E-state index < -0.39 is 0 Å². The number of hydrogen-bond donors (Lipinski definition) is 1. The Morgan fingerprint density at radius 2 is 1.90 bits per heavy atom. The second-order valence-corrected chi connectivity index (χ2v) is 6.10. The minimum absolute atomic E-state index is 0.275. The molecular formula is C16H28N2O2. The van der Waals surface area contributed by atoms with Crippen LogP contribution in [0.5, 0.6) is 0 Å². The Morgan fingerprint density at radius 1 is 1.15 bits per heavy atom. The molecule has 2 fully saturated rings. The molecule has 0 bridgehead atoms. The molecule has 0 heterocycles. The van der Waals surface area contributed by atoms with Crippen molar-refractivity contribution in [2.75, 3.05) is 26.4 Å². The minimum atomic E-state index is -0.275. The van der Waals surface area contributed by atoms with Gasteiger partial charge in [-0.1, -0.05) is 13.3 Å². The van der Waals surface area contributed by atoms with Crippen molar-refractivity contribution >= 4 is 0 Å². The smallest absolute Gasteiger partial charge is 0.109 e. The van der Waals surface area contributed by atoms with E-state index in [1.165, 1.54) is 12.8 Å². The van der Waals surface area contributed by atoms with E-state index in [9.17, 15) is 5.26 Å². The molecule has 0 aromatic rings. The molecule has 2 aliphatic carbocycles. The van der Waals surface area contributed by atoms with Gasteiger partial charge in [-0.05, 0) is 44.4 Å². The van der Waals surface area contributed by atoms with Gasteiger partial charge < -0.3 is 9.47 Å². The molecule has 2 aliphatic rings. The van der Waals surface area contributed by atoms with E-state index in [-0.39, 0.29) is 5.54 Å². The lowest BCUT2D eigenvalue weighted by Crippen LogP contribution is -2.48. The van der Waals surface area contributed by atoms with Gasteiger partial charge in [0.05, 0.1) is 19.3 Å². The average Bonchev–Trinajstić information content (AvgIpc) is 3.18. The van der Waals surface area contributed by atoms with E-state index in [4.69, 9.17) is 9.47 Å². The van der Waals surface area contributed by atoms with Crippen LogP contribution in [0.2, 0.25) is 0 Å². The molecule has 0 radical (unpaired) electrons. The highest BCUT2D eigenvalue weighted by atomic mass is 16.5. The maximum absolute atomic E-state index is 9.59. The molecule has 0 spiro atoms. The summed E-state index contributed by atoms with van der Waals surface area (Å²) in [7, 11) is 0. The molecule has 2 unspecified atom stereocenters. The second kappa shape index (κ2) is 7.97. The fraction of sp³-hybridized carbons (Fsp3) is 0.938. The third kappa shape index (κ3) is 4.44. The highest BCUT2D eigenvalue weighted by Gasteiger charge is 2.45. The first-order valence-corrected chi connectivity index (χ1v) is 8.15. The third-order valence-electron chi connectivity index (χ3n) is 4.39. The lowest BCUT2D eigenvalue weighted by atomic mass is 9.86. The van der Waals surface area contributed by atoms with E-state index in [1.54, 1.807) is 0 Å². The zero-order valence-corrected chi connectivity index (χ0v) is 12.7. The second-order valence-electron chi connectivity index (χ2n) is 6.10. The standard InChI is InChI=1S/C16H28N2O2/c1-2-9-19-11-12-20-10-7-14-4-3-8-16(14,13-17)18-15-5-6-15/h14-15,18H,2-12H2,1H3.